The van der Waals surface area contributed by atoms with Crippen molar-refractivity contribution in [2.45, 2.75) is 25.6 Å². The Morgan fingerprint density at radius 1 is 1.30 bits per heavy atom. The van der Waals surface area contributed by atoms with Crippen molar-refractivity contribution in [3.05, 3.63) is 56.8 Å². The number of hydrazine groups is 1. The van der Waals surface area contributed by atoms with E-state index in [1.54, 1.807) is 0 Å². The summed E-state index contributed by atoms with van der Waals surface area (Å²) in [6.45, 7) is 4.30. The first-order valence-electron chi connectivity index (χ1n) is 7.87. The monoisotopic (exact) mass is 316 g/mol. The number of nitrogens with one attached hydrogen (secondary N) is 4. The zero-order valence-electron chi connectivity index (χ0n) is 12.9. The van der Waals surface area contributed by atoms with Gasteiger partial charge in [-0.25, -0.2) is 10.2 Å². The summed E-state index contributed by atoms with van der Waals surface area (Å²) in [6.07, 6.45) is 8.58. The molecule has 0 saturated carbocycles. The highest BCUT2D eigenvalue weighted by Crippen LogP contribution is 2.30. The molecule has 3 atom stereocenters. The maximum atomic E-state index is 12.1. The predicted molar refractivity (Wildman–Crippen MR) is 84.9 cm³/mol. The summed E-state index contributed by atoms with van der Waals surface area (Å²) in [5.74, 6) is 0.670. The lowest BCUT2D eigenvalue weighted by molar-refractivity contribution is 0.154. The van der Waals surface area contributed by atoms with Gasteiger partial charge in [0, 0.05) is 31.7 Å². The zero-order chi connectivity index (χ0) is 16.0. The molecule has 1 fully saturated rings. The molecule has 0 bridgehead atoms. The molecule has 0 aliphatic carbocycles. The average Bonchev–Trinajstić information content (AvgIpc) is 3.14. The van der Waals surface area contributed by atoms with E-state index in [4.69, 9.17) is 0 Å². The minimum absolute atomic E-state index is 0.0402. The largest absolute Gasteiger partial charge is 0.371 e. The van der Waals surface area contributed by atoms with Crippen molar-refractivity contribution in [2.24, 2.45) is 5.92 Å². The van der Waals surface area contributed by atoms with Gasteiger partial charge in [-0.15, -0.1) is 0 Å². The maximum Gasteiger partial charge on any atom is 0.325 e. The van der Waals surface area contributed by atoms with Gasteiger partial charge in [0.2, 0.25) is 0 Å². The molecule has 3 aliphatic rings. The Bertz CT molecular complexity index is 779. The normalized spacial score (nSPS) is 29.4. The molecule has 4 rings (SSSR count). The molecule has 0 amide bonds. The van der Waals surface area contributed by atoms with Gasteiger partial charge < -0.3 is 15.2 Å². The molecule has 1 aromatic heterocycles. The highest BCUT2D eigenvalue weighted by atomic mass is 16.2. The molecular weight excluding hydrogens is 296 g/mol. The fourth-order valence-electron chi connectivity index (χ4n) is 3.44. The Hall–Kier alpha value is -2.48. The Kier molecular flexibility index (Phi) is 3.26. The minimum atomic E-state index is -0.493. The second-order valence-corrected chi connectivity index (χ2v) is 6.36. The van der Waals surface area contributed by atoms with Crippen molar-refractivity contribution in [3.63, 3.8) is 0 Å². The van der Waals surface area contributed by atoms with Crippen molar-refractivity contribution in [2.75, 3.05) is 13.1 Å². The van der Waals surface area contributed by atoms with E-state index in [1.807, 2.05) is 17.4 Å². The highest BCUT2D eigenvalue weighted by Gasteiger charge is 2.35. The van der Waals surface area contributed by atoms with Crippen molar-refractivity contribution >= 4 is 0 Å². The van der Waals surface area contributed by atoms with Crippen LogP contribution in [0.2, 0.25) is 0 Å². The minimum Gasteiger partial charge on any atom is -0.371 e. The molecule has 3 aliphatic heterocycles. The summed E-state index contributed by atoms with van der Waals surface area (Å²) < 4.78 is 0. The third-order valence-corrected chi connectivity index (χ3v) is 4.65. The van der Waals surface area contributed by atoms with Crippen LogP contribution < -0.4 is 22.0 Å². The summed E-state index contributed by atoms with van der Waals surface area (Å²) in [5, 5.41) is 5.29. The zero-order valence-corrected chi connectivity index (χ0v) is 12.9. The molecular formula is C15H20N6O2. The van der Waals surface area contributed by atoms with Gasteiger partial charge in [-0.05, 0) is 18.4 Å². The number of hydrogen-bond acceptors (Lipinski definition) is 6. The summed E-state index contributed by atoms with van der Waals surface area (Å²) in [7, 11) is 0. The smallest absolute Gasteiger partial charge is 0.325 e. The van der Waals surface area contributed by atoms with Crippen LogP contribution in [0.5, 0.6) is 0 Å². The lowest BCUT2D eigenvalue weighted by Crippen LogP contribution is -2.53. The van der Waals surface area contributed by atoms with E-state index in [1.165, 1.54) is 12.6 Å². The number of hydrogen-bond donors (Lipinski definition) is 4. The van der Waals surface area contributed by atoms with Crippen LogP contribution >= 0.6 is 0 Å². The highest BCUT2D eigenvalue weighted by molar-refractivity contribution is 5.27. The fourth-order valence-corrected chi connectivity index (χ4v) is 3.44. The molecule has 3 unspecified atom stereocenters. The van der Waals surface area contributed by atoms with Gasteiger partial charge >= 0.3 is 5.69 Å². The van der Waals surface area contributed by atoms with Gasteiger partial charge in [0.15, 0.2) is 6.17 Å². The Morgan fingerprint density at radius 3 is 2.91 bits per heavy atom. The quantitative estimate of drug-likeness (QED) is 0.590. The van der Waals surface area contributed by atoms with Crippen molar-refractivity contribution in [1.29, 1.82) is 0 Å². The van der Waals surface area contributed by atoms with Gasteiger partial charge in [0.25, 0.3) is 5.56 Å². The topological polar surface area (TPSA) is 96.3 Å². The third kappa shape index (κ3) is 2.44. The Balaban J connectivity index is 1.72. The molecule has 1 aromatic rings. The summed E-state index contributed by atoms with van der Waals surface area (Å²) in [4.78, 5) is 30.5. The lowest BCUT2D eigenvalue weighted by atomic mass is 10.1. The van der Waals surface area contributed by atoms with Crippen LogP contribution in [0, 0.1) is 5.92 Å². The van der Waals surface area contributed by atoms with Crippen LogP contribution in [-0.2, 0) is 0 Å². The second kappa shape index (κ2) is 5.31. The first-order valence-corrected chi connectivity index (χ1v) is 7.87. The number of rotatable bonds is 2. The van der Waals surface area contributed by atoms with E-state index in [0.717, 1.165) is 18.8 Å². The van der Waals surface area contributed by atoms with Crippen LogP contribution in [0.25, 0.3) is 0 Å². The Morgan fingerprint density at radius 2 is 2.17 bits per heavy atom. The molecule has 0 aromatic carbocycles. The Labute approximate surface area is 132 Å². The van der Waals surface area contributed by atoms with E-state index >= 15 is 0 Å². The molecule has 8 nitrogen and oxygen atoms in total. The number of aromatic amines is 2. The van der Waals surface area contributed by atoms with E-state index in [-0.39, 0.29) is 17.8 Å². The number of fused-ring (bicyclic) bond motifs is 1. The molecule has 122 valence electrons. The van der Waals surface area contributed by atoms with E-state index < -0.39 is 5.69 Å². The first-order chi connectivity index (χ1) is 11.1. The SMILES string of the molecule is CC1CCN(C2=CC(c3c[nH]c(=O)[nH]c3=O)NN3C=CNC23)C1. The molecule has 8 heteroatoms. The number of likely N-dealkylation sites (tertiary alicyclic amines) is 1. The first kappa shape index (κ1) is 14.1. The van der Waals surface area contributed by atoms with Crippen LogP contribution in [0.4, 0.5) is 0 Å². The van der Waals surface area contributed by atoms with Gasteiger partial charge in [0.05, 0.1) is 17.3 Å². The summed E-state index contributed by atoms with van der Waals surface area (Å²) in [6, 6.07) is -0.290. The van der Waals surface area contributed by atoms with Crippen LogP contribution in [0.3, 0.4) is 0 Å². The maximum absolute atomic E-state index is 12.1. The van der Waals surface area contributed by atoms with Gasteiger partial charge in [-0.2, -0.15) is 0 Å². The second-order valence-electron chi connectivity index (χ2n) is 6.36. The van der Waals surface area contributed by atoms with Gasteiger partial charge in [-0.3, -0.25) is 14.8 Å². The van der Waals surface area contributed by atoms with E-state index in [0.29, 0.717) is 11.5 Å². The molecule has 0 spiro atoms. The lowest BCUT2D eigenvalue weighted by Gasteiger charge is -2.39. The average molecular weight is 316 g/mol. The van der Waals surface area contributed by atoms with Crippen LogP contribution in [0.15, 0.2) is 40.0 Å². The van der Waals surface area contributed by atoms with E-state index in [2.05, 4.69) is 38.6 Å². The number of nitrogens with zero attached hydrogens (tertiary/aromatic N) is 2. The standard InChI is InChI=1S/C15H20N6O2/c1-9-2-4-20(8-9)12-6-11(19-21-5-3-16-13(12)21)10-7-17-15(23)18-14(10)22/h3,5-7,9,11,13,16,19H,2,4,8H2,1H3,(H2,17,18,22,23). The number of H-pyrrole nitrogens is 2. The van der Waals surface area contributed by atoms with E-state index in [9.17, 15) is 9.59 Å². The predicted octanol–water partition coefficient (Wildman–Crippen LogP) is -0.449. The molecule has 4 N–H and O–H groups in total. The van der Waals surface area contributed by atoms with Crippen molar-refractivity contribution in [1.82, 2.24) is 30.6 Å². The van der Waals surface area contributed by atoms with Gasteiger partial charge in [0.1, 0.15) is 0 Å². The van der Waals surface area contributed by atoms with Crippen molar-refractivity contribution < 1.29 is 0 Å². The molecule has 4 heterocycles. The van der Waals surface area contributed by atoms with Crippen LogP contribution in [-0.4, -0.2) is 39.1 Å². The molecule has 0 radical (unpaired) electrons. The number of aromatic nitrogens is 2. The van der Waals surface area contributed by atoms with Crippen molar-refractivity contribution in [3.8, 4) is 0 Å². The fraction of sp³-hybridized carbons (Fsp3) is 0.467. The third-order valence-electron chi connectivity index (χ3n) is 4.65. The van der Waals surface area contributed by atoms with Gasteiger partial charge in [-0.1, -0.05) is 6.92 Å². The molecule has 23 heavy (non-hydrogen) atoms. The molecule has 1 saturated heterocycles. The van der Waals surface area contributed by atoms with Crippen LogP contribution in [0.1, 0.15) is 24.9 Å². The summed E-state index contributed by atoms with van der Waals surface area (Å²) >= 11 is 0. The summed E-state index contributed by atoms with van der Waals surface area (Å²) in [5.41, 5.74) is 4.09.